The molecule has 1 aliphatic heterocycles. The van der Waals surface area contributed by atoms with E-state index in [4.69, 9.17) is 4.74 Å². The van der Waals surface area contributed by atoms with Crippen molar-refractivity contribution in [3.05, 3.63) is 34.9 Å². The number of ether oxygens (including phenoxy) is 1. The summed E-state index contributed by atoms with van der Waals surface area (Å²) in [5, 5.41) is 20.4. The summed E-state index contributed by atoms with van der Waals surface area (Å²) in [5.74, 6) is 0.124. The summed E-state index contributed by atoms with van der Waals surface area (Å²) in [5.41, 5.74) is 2.25. The topological polar surface area (TPSA) is 66.8 Å². The Morgan fingerprint density at radius 3 is 2.58 bits per heavy atom. The number of rotatable bonds is 1. The second-order valence-corrected chi connectivity index (χ2v) is 7.72. The predicted molar refractivity (Wildman–Crippen MR) is 94.3 cm³/mol. The number of carbonyl (C=O) groups excluding carboxylic acids is 1. The van der Waals surface area contributed by atoms with E-state index in [0.717, 1.165) is 24.0 Å². The number of hydrogen-bond acceptors (Lipinski definition) is 4. The van der Waals surface area contributed by atoms with Crippen LogP contribution in [-0.4, -0.2) is 34.0 Å². The molecule has 0 fully saturated rings. The number of hydrogen-bond donors (Lipinski definition) is 2. The first-order valence-corrected chi connectivity index (χ1v) is 8.78. The highest BCUT2D eigenvalue weighted by Gasteiger charge is 2.43. The van der Waals surface area contributed by atoms with Gasteiger partial charge in [-0.2, -0.15) is 0 Å². The van der Waals surface area contributed by atoms with Gasteiger partial charge in [-0.05, 0) is 45.1 Å². The van der Waals surface area contributed by atoms with Crippen LogP contribution in [0.2, 0.25) is 0 Å². The van der Waals surface area contributed by atoms with Crippen molar-refractivity contribution in [3.63, 3.8) is 0 Å². The van der Waals surface area contributed by atoms with Crippen LogP contribution in [0.25, 0.3) is 0 Å². The summed E-state index contributed by atoms with van der Waals surface area (Å²) < 4.78 is 5.75. The monoisotopic (exact) mass is 334 g/mol. The lowest BCUT2D eigenvalue weighted by molar-refractivity contribution is -0.159. The molecule has 4 nitrogen and oxygen atoms in total. The van der Waals surface area contributed by atoms with Crippen LogP contribution in [0.4, 0.5) is 0 Å². The number of aliphatic hydroxyl groups excluding tert-OH is 2. The Morgan fingerprint density at radius 2 is 1.96 bits per heavy atom. The molecule has 0 aromatic carbocycles. The largest absolute Gasteiger partial charge is 0.455 e. The van der Waals surface area contributed by atoms with Crippen molar-refractivity contribution in [1.29, 1.82) is 0 Å². The zero-order chi connectivity index (χ0) is 18.1. The van der Waals surface area contributed by atoms with Crippen LogP contribution in [0.1, 0.15) is 53.9 Å². The average Bonchev–Trinajstić information content (AvgIpc) is 2.50. The maximum Gasteiger partial charge on any atom is 0.331 e. The van der Waals surface area contributed by atoms with Gasteiger partial charge in [-0.15, -0.1) is 0 Å². The Morgan fingerprint density at radius 1 is 1.29 bits per heavy atom. The van der Waals surface area contributed by atoms with E-state index in [2.05, 4.69) is 13.8 Å². The van der Waals surface area contributed by atoms with Crippen LogP contribution >= 0.6 is 0 Å². The van der Waals surface area contributed by atoms with E-state index < -0.39 is 17.8 Å². The van der Waals surface area contributed by atoms with Gasteiger partial charge in [-0.25, -0.2) is 4.79 Å². The van der Waals surface area contributed by atoms with Gasteiger partial charge in [0, 0.05) is 18.4 Å². The maximum atomic E-state index is 12.1. The Hall–Kier alpha value is -1.39. The second-order valence-electron chi connectivity index (χ2n) is 7.72. The minimum Gasteiger partial charge on any atom is -0.455 e. The van der Waals surface area contributed by atoms with Gasteiger partial charge in [0.1, 0.15) is 17.8 Å². The smallest absolute Gasteiger partial charge is 0.331 e. The summed E-state index contributed by atoms with van der Waals surface area (Å²) >= 11 is 0. The first-order valence-electron chi connectivity index (χ1n) is 8.78. The van der Waals surface area contributed by atoms with Gasteiger partial charge in [-0.1, -0.05) is 37.1 Å². The van der Waals surface area contributed by atoms with Crippen LogP contribution in [0, 0.1) is 11.8 Å². The van der Waals surface area contributed by atoms with E-state index in [9.17, 15) is 15.0 Å². The van der Waals surface area contributed by atoms with Crippen LogP contribution in [0.15, 0.2) is 34.9 Å². The standard InChI is InChI=1S/C20H30O4/c1-12(2)15-11-18(22)24-20(5)9-8-14(4)19(23)17(21)10-13(3)6-7-16(15)20/h8,10-12,16-17,19,21,23H,6-7,9H2,1-5H3/t16-,17-,19+,20+/m0/s1. The molecule has 0 saturated heterocycles. The second kappa shape index (κ2) is 7.24. The van der Waals surface area contributed by atoms with Gasteiger partial charge >= 0.3 is 5.97 Å². The Bertz CT molecular complexity index is 584. The molecule has 0 spiro atoms. The summed E-state index contributed by atoms with van der Waals surface area (Å²) in [6.07, 6.45) is 5.62. The van der Waals surface area contributed by atoms with E-state index >= 15 is 0 Å². The summed E-state index contributed by atoms with van der Waals surface area (Å²) in [6, 6.07) is 0. The lowest BCUT2D eigenvalue weighted by Gasteiger charge is -2.42. The van der Waals surface area contributed by atoms with Crippen LogP contribution in [-0.2, 0) is 9.53 Å². The van der Waals surface area contributed by atoms with Crippen molar-refractivity contribution in [2.24, 2.45) is 11.8 Å². The SMILES string of the molecule is CC1=C[C@H](O)[C@H](O)C(C)=CC[C@@]2(C)OC(=O)C=C(C(C)C)[C@@H]2CC1. The molecule has 0 amide bonds. The highest BCUT2D eigenvalue weighted by molar-refractivity contribution is 5.84. The highest BCUT2D eigenvalue weighted by Crippen LogP contribution is 2.42. The van der Waals surface area contributed by atoms with Crippen LogP contribution in [0.3, 0.4) is 0 Å². The molecule has 4 heteroatoms. The van der Waals surface area contributed by atoms with Gasteiger partial charge in [-0.3, -0.25) is 0 Å². The van der Waals surface area contributed by atoms with Crippen LogP contribution in [0.5, 0.6) is 0 Å². The molecule has 1 aliphatic carbocycles. The van der Waals surface area contributed by atoms with Gasteiger partial charge in [0.2, 0.25) is 0 Å². The number of carbonyl (C=O) groups is 1. The molecule has 24 heavy (non-hydrogen) atoms. The molecule has 0 saturated carbocycles. The van der Waals surface area contributed by atoms with Crippen molar-refractivity contribution >= 4 is 5.97 Å². The Labute approximate surface area is 144 Å². The number of fused-ring (bicyclic) bond motifs is 1. The molecule has 0 bridgehead atoms. The molecule has 2 N–H and O–H groups in total. The molecule has 0 unspecified atom stereocenters. The highest BCUT2D eigenvalue weighted by atomic mass is 16.6. The van der Waals surface area contributed by atoms with Crippen LogP contribution < -0.4 is 0 Å². The van der Waals surface area contributed by atoms with Crippen molar-refractivity contribution in [2.75, 3.05) is 0 Å². The number of aliphatic hydroxyl groups is 2. The molecule has 0 aromatic heterocycles. The summed E-state index contributed by atoms with van der Waals surface area (Å²) in [7, 11) is 0. The molecule has 2 aliphatic rings. The van der Waals surface area contributed by atoms with E-state index in [1.165, 1.54) is 0 Å². The van der Waals surface area contributed by atoms with Gasteiger partial charge in [0.25, 0.3) is 0 Å². The molecule has 0 aromatic rings. The van der Waals surface area contributed by atoms with Crippen molar-refractivity contribution in [2.45, 2.75) is 71.7 Å². The third-order valence-electron chi connectivity index (χ3n) is 5.33. The summed E-state index contributed by atoms with van der Waals surface area (Å²) in [4.78, 5) is 12.1. The van der Waals surface area contributed by atoms with Gasteiger partial charge in [0.05, 0.1) is 0 Å². The van der Waals surface area contributed by atoms with Crippen molar-refractivity contribution < 1.29 is 19.7 Å². The molecule has 4 atom stereocenters. The average molecular weight is 334 g/mol. The van der Waals surface area contributed by atoms with E-state index in [-0.39, 0.29) is 17.8 Å². The lowest BCUT2D eigenvalue weighted by atomic mass is 9.72. The first-order chi connectivity index (χ1) is 11.1. The molecule has 2 rings (SSSR count). The number of allylic oxidation sites excluding steroid dienone is 1. The Kier molecular flexibility index (Phi) is 5.71. The predicted octanol–water partition coefficient (Wildman–Crippen LogP) is 3.30. The fraction of sp³-hybridized carbons (Fsp3) is 0.650. The van der Waals surface area contributed by atoms with Crippen molar-refractivity contribution in [1.82, 2.24) is 0 Å². The molecule has 134 valence electrons. The van der Waals surface area contributed by atoms with Gasteiger partial charge in [0.15, 0.2) is 0 Å². The minimum atomic E-state index is -0.931. The fourth-order valence-electron chi connectivity index (χ4n) is 3.74. The van der Waals surface area contributed by atoms with E-state index in [1.807, 2.05) is 19.9 Å². The van der Waals surface area contributed by atoms with Crippen molar-refractivity contribution in [3.8, 4) is 0 Å². The minimum absolute atomic E-state index is 0.134. The zero-order valence-electron chi connectivity index (χ0n) is 15.4. The first kappa shape index (κ1) is 18.9. The number of esters is 1. The van der Waals surface area contributed by atoms with E-state index in [1.54, 1.807) is 19.1 Å². The molecule has 1 heterocycles. The maximum absolute atomic E-state index is 12.1. The quantitative estimate of drug-likeness (QED) is 0.570. The molecular formula is C20H30O4. The molecular weight excluding hydrogens is 304 g/mol. The van der Waals surface area contributed by atoms with Gasteiger partial charge < -0.3 is 14.9 Å². The lowest BCUT2D eigenvalue weighted by Crippen LogP contribution is -2.44. The zero-order valence-corrected chi connectivity index (χ0v) is 15.4. The normalized spacial score (nSPS) is 35.2. The fourth-order valence-corrected chi connectivity index (χ4v) is 3.74. The molecule has 0 radical (unpaired) electrons. The third kappa shape index (κ3) is 3.98. The summed E-state index contributed by atoms with van der Waals surface area (Å²) in [6.45, 7) is 9.96. The third-order valence-corrected chi connectivity index (χ3v) is 5.33. The Balaban J connectivity index is 2.46. The van der Waals surface area contributed by atoms with E-state index in [0.29, 0.717) is 12.0 Å².